The number of carbonyl (C=O) groups is 1. The van der Waals surface area contributed by atoms with Crippen molar-refractivity contribution in [1.29, 1.82) is 0 Å². The minimum Gasteiger partial charge on any atom is -0.456 e. The van der Waals surface area contributed by atoms with E-state index in [2.05, 4.69) is 13.5 Å². The van der Waals surface area contributed by atoms with Crippen molar-refractivity contribution in [3.63, 3.8) is 0 Å². The molecule has 2 aliphatic rings. The molecule has 2 fully saturated rings. The Labute approximate surface area is 96.8 Å². The predicted molar refractivity (Wildman–Crippen MR) is 61.0 cm³/mol. The molecule has 1 saturated heterocycles. The van der Waals surface area contributed by atoms with Crippen molar-refractivity contribution in [2.45, 2.75) is 50.7 Å². The van der Waals surface area contributed by atoms with Gasteiger partial charge in [0.1, 0.15) is 5.60 Å². The quantitative estimate of drug-likeness (QED) is 0.418. The Morgan fingerprint density at radius 3 is 2.94 bits per heavy atom. The number of rotatable bonds is 4. The van der Waals surface area contributed by atoms with Crippen LogP contribution in [0.4, 0.5) is 0 Å². The third-order valence-corrected chi connectivity index (χ3v) is 3.92. The largest absolute Gasteiger partial charge is 0.456 e. The maximum Gasteiger partial charge on any atom is 0.330 e. The monoisotopic (exact) mass is 224 g/mol. The van der Waals surface area contributed by atoms with E-state index in [1.165, 1.54) is 12.5 Å². The zero-order valence-corrected chi connectivity index (χ0v) is 9.91. The molecule has 1 saturated carbocycles. The fourth-order valence-electron chi connectivity index (χ4n) is 2.93. The van der Waals surface area contributed by atoms with E-state index in [0.29, 0.717) is 12.0 Å². The highest BCUT2D eigenvalue weighted by Gasteiger charge is 2.50. The number of ether oxygens (including phenoxy) is 2. The fraction of sp³-hybridized carbons (Fsp3) is 0.769. The van der Waals surface area contributed by atoms with Gasteiger partial charge in [0, 0.05) is 12.0 Å². The lowest BCUT2D eigenvalue weighted by Crippen LogP contribution is -2.46. The summed E-state index contributed by atoms with van der Waals surface area (Å²) in [6.07, 6.45) is 6.89. The van der Waals surface area contributed by atoms with Gasteiger partial charge in [-0.2, -0.15) is 0 Å². The molecule has 3 heteroatoms. The summed E-state index contributed by atoms with van der Waals surface area (Å²) in [6, 6.07) is 0. The Hall–Kier alpha value is -0.830. The van der Waals surface area contributed by atoms with Gasteiger partial charge in [0.15, 0.2) is 0 Å². The first-order valence-electron chi connectivity index (χ1n) is 6.19. The second-order valence-electron chi connectivity index (χ2n) is 4.77. The van der Waals surface area contributed by atoms with Crippen molar-refractivity contribution >= 4 is 5.97 Å². The van der Waals surface area contributed by atoms with Gasteiger partial charge in [-0.05, 0) is 25.7 Å². The van der Waals surface area contributed by atoms with Gasteiger partial charge >= 0.3 is 5.97 Å². The maximum atomic E-state index is 11.5. The van der Waals surface area contributed by atoms with Crippen molar-refractivity contribution in [2.75, 3.05) is 6.61 Å². The van der Waals surface area contributed by atoms with Crippen molar-refractivity contribution in [1.82, 2.24) is 0 Å². The van der Waals surface area contributed by atoms with Crippen molar-refractivity contribution < 1.29 is 14.3 Å². The van der Waals surface area contributed by atoms with Crippen LogP contribution in [0.3, 0.4) is 0 Å². The lowest BCUT2D eigenvalue weighted by Gasteiger charge is -2.42. The summed E-state index contributed by atoms with van der Waals surface area (Å²) in [5.74, 6) is 0.0875. The maximum absolute atomic E-state index is 11.5. The minimum absolute atomic E-state index is 0.297. The van der Waals surface area contributed by atoms with Crippen LogP contribution in [-0.2, 0) is 14.3 Å². The Balaban J connectivity index is 2.13. The molecule has 0 aromatic heterocycles. The van der Waals surface area contributed by atoms with E-state index < -0.39 is 0 Å². The normalized spacial score (nSPS) is 37.8. The molecule has 1 aliphatic carbocycles. The molecule has 16 heavy (non-hydrogen) atoms. The standard InChI is InChI=1S/C13H20O3/c1-3-12(14)16-13(4-2)8-6-5-7-10(13)11-9-15-11/h3,10-11H,1,4-9H2,2H3. The van der Waals surface area contributed by atoms with Crippen molar-refractivity contribution in [3.05, 3.63) is 12.7 Å². The van der Waals surface area contributed by atoms with Gasteiger partial charge in [0.25, 0.3) is 0 Å². The average Bonchev–Trinajstić information content (AvgIpc) is 3.13. The number of epoxide rings is 1. The zero-order chi connectivity index (χ0) is 11.6. The molecule has 90 valence electrons. The molecular weight excluding hydrogens is 204 g/mol. The summed E-state index contributed by atoms with van der Waals surface area (Å²) in [6.45, 7) is 6.40. The smallest absolute Gasteiger partial charge is 0.330 e. The van der Waals surface area contributed by atoms with Gasteiger partial charge < -0.3 is 9.47 Å². The van der Waals surface area contributed by atoms with E-state index >= 15 is 0 Å². The second-order valence-corrected chi connectivity index (χ2v) is 4.77. The summed E-state index contributed by atoms with van der Waals surface area (Å²) in [7, 11) is 0. The first kappa shape index (κ1) is 11.6. The van der Waals surface area contributed by atoms with E-state index in [1.807, 2.05) is 0 Å². The molecule has 3 unspecified atom stereocenters. The highest BCUT2D eigenvalue weighted by molar-refractivity contribution is 5.81. The third kappa shape index (κ3) is 2.14. The molecule has 1 heterocycles. The van der Waals surface area contributed by atoms with Crippen molar-refractivity contribution in [2.24, 2.45) is 5.92 Å². The van der Waals surface area contributed by atoms with Crippen LogP contribution in [0.25, 0.3) is 0 Å². The summed E-state index contributed by atoms with van der Waals surface area (Å²) < 4.78 is 11.1. The summed E-state index contributed by atoms with van der Waals surface area (Å²) in [5, 5.41) is 0. The molecule has 3 nitrogen and oxygen atoms in total. The van der Waals surface area contributed by atoms with Crippen LogP contribution >= 0.6 is 0 Å². The Morgan fingerprint density at radius 2 is 2.38 bits per heavy atom. The molecule has 0 N–H and O–H groups in total. The second kappa shape index (κ2) is 4.58. The van der Waals surface area contributed by atoms with E-state index in [4.69, 9.17) is 9.47 Å². The number of esters is 1. The highest BCUT2D eigenvalue weighted by atomic mass is 16.6. The van der Waals surface area contributed by atoms with E-state index in [0.717, 1.165) is 32.3 Å². The Morgan fingerprint density at radius 1 is 1.62 bits per heavy atom. The molecule has 0 spiro atoms. The fourth-order valence-corrected chi connectivity index (χ4v) is 2.93. The van der Waals surface area contributed by atoms with E-state index in [-0.39, 0.29) is 11.6 Å². The first-order valence-corrected chi connectivity index (χ1v) is 6.19. The van der Waals surface area contributed by atoms with E-state index in [1.54, 1.807) is 0 Å². The molecule has 1 aliphatic heterocycles. The van der Waals surface area contributed by atoms with Gasteiger partial charge in [0.05, 0.1) is 12.7 Å². The number of carbonyl (C=O) groups excluding carboxylic acids is 1. The Kier molecular flexibility index (Phi) is 3.33. The lowest BCUT2D eigenvalue weighted by atomic mass is 9.72. The molecule has 0 aromatic rings. The Bertz CT molecular complexity index is 283. The highest BCUT2D eigenvalue weighted by Crippen LogP contribution is 2.45. The predicted octanol–water partition coefficient (Wildman–Crippen LogP) is 2.45. The SMILES string of the molecule is C=CC(=O)OC1(CC)CCCCC1C1CO1. The van der Waals surface area contributed by atoms with Gasteiger partial charge in [-0.25, -0.2) is 4.79 Å². The molecule has 2 rings (SSSR count). The topological polar surface area (TPSA) is 38.8 Å². The third-order valence-electron chi connectivity index (χ3n) is 3.92. The molecule has 0 bridgehead atoms. The van der Waals surface area contributed by atoms with Gasteiger partial charge in [-0.3, -0.25) is 0 Å². The zero-order valence-electron chi connectivity index (χ0n) is 9.91. The molecule has 0 aromatic carbocycles. The molecule has 0 radical (unpaired) electrons. The number of hydrogen-bond acceptors (Lipinski definition) is 3. The van der Waals surface area contributed by atoms with Crippen LogP contribution in [0, 0.1) is 5.92 Å². The van der Waals surface area contributed by atoms with Crippen LogP contribution in [0.15, 0.2) is 12.7 Å². The average molecular weight is 224 g/mol. The summed E-state index contributed by atoms with van der Waals surface area (Å²) in [4.78, 5) is 11.5. The van der Waals surface area contributed by atoms with Crippen LogP contribution < -0.4 is 0 Å². The minimum atomic E-state index is -0.301. The van der Waals surface area contributed by atoms with Gasteiger partial charge in [-0.15, -0.1) is 0 Å². The van der Waals surface area contributed by atoms with Gasteiger partial charge in [0.2, 0.25) is 0 Å². The summed E-state index contributed by atoms with van der Waals surface area (Å²) >= 11 is 0. The lowest BCUT2D eigenvalue weighted by molar-refractivity contribution is -0.166. The summed E-state index contributed by atoms with van der Waals surface area (Å²) in [5.41, 5.74) is -0.301. The number of hydrogen-bond donors (Lipinski definition) is 0. The van der Waals surface area contributed by atoms with Crippen LogP contribution in [0.2, 0.25) is 0 Å². The molecular formula is C13H20O3. The van der Waals surface area contributed by atoms with Crippen LogP contribution in [0.5, 0.6) is 0 Å². The molecule has 0 amide bonds. The van der Waals surface area contributed by atoms with Crippen molar-refractivity contribution in [3.8, 4) is 0 Å². The van der Waals surface area contributed by atoms with Crippen LogP contribution in [-0.4, -0.2) is 24.3 Å². The first-order chi connectivity index (χ1) is 7.72. The van der Waals surface area contributed by atoms with Gasteiger partial charge in [-0.1, -0.05) is 19.9 Å². The van der Waals surface area contributed by atoms with E-state index in [9.17, 15) is 4.79 Å². The molecule has 3 atom stereocenters. The van der Waals surface area contributed by atoms with Crippen LogP contribution in [0.1, 0.15) is 39.0 Å².